The van der Waals surface area contributed by atoms with Gasteiger partial charge >= 0.3 is 0 Å². The van der Waals surface area contributed by atoms with Crippen LogP contribution < -0.4 is 16.4 Å². The van der Waals surface area contributed by atoms with Crippen molar-refractivity contribution in [1.29, 1.82) is 0 Å². The summed E-state index contributed by atoms with van der Waals surface area (Å²) in [6, 6.07) is -0.530. The highest BCUT2D eigenvalue weighted by Gasteiger charge is 2.21. The Kier molecular flexibility index (Phi) is 5.80. The summed E-state index contributed by atoms with van der Waals surface area (Å²) in [5, 5.41) is 5.49. The van der Waals surface area contributed by atoms with Gasteiger partial charge in [-0.15, -0.1) is 0 Å². The summed E-state index contributed by atoms with van der Waals surface area (Å²) in [4.78, 5) is 23.4. The lowest BCUT2D eigenvalue weighted by Gasteiger charge is -2.24. The van der Waals surface area contributed by atoms with Gasteiger partial charge in [-0.1, -0.05) is 0 Å². The second-order valence-electron chi connectivity index (χ2n) is 6.52. The number of hydrogen-bond donors (Lipinski definition) is 3. The molecule has 0 bridgehead atoms. The Morgan fingerprint density at radius 3 is 2.06 bits per heavy atom. The van der Waals surface area contributed by atoms with Crippen LogP contribution in [0.4, 0.5) is 0 Å². The summed E-state index contributed by atoms with van der Waals surface area (Å²) in [7, 11) is 0. The molecular formula is C13H27N3O2. The molecule has 0 saturated heterocycles. The molecule has 0 aromatic carbocycles. The van der Waals surface area contributed by atoms with Crippen LogP contribution in [-0.4, -0.2) is 28.9 Å². The van der Waals surface area contributed by atoms with Crippen LogP contribution in [0.3, 0.4) is 0 Å². The van der Waals surface area contributed by atoms with Crippen LogP contribution in [0.25, 0.3) is 0 Å². The zero-order valence-corrected chi connectivity index (χ0v) is 12.4. The average molecular weight is 257 g/mol. The maximum absolute atomic E-state index is 11.7. The number of nitrogens with two attached hydrogens (primary N) is 1. The van der Waals surface area contributed by atoms with Crippen LogP contribution in [0.2, 0.25) is 0 Å². The number of rotatable bonds is 5. The van der Waals surface area contributed by atoms with Crippen molar-refractivity contribution in [3.05, 3.63) is 0 Å². The van der Waals surface area contributed by atoms with Crippen molar-refractivity contribution < 1.29 is 9.59 Å². The molecule has 0 rings (SSSR count). The number of nitrogens with one attached hydrogen (secondary N) is 2. The molecule has 0 fully saturated rings. The van der Waals surface area contributed by atoms with E-state index in [2.05, 4.69) is 10.6 Å². The molecule has 1 atom stereocenters. The molecule has 0 aliphatic rings. The first-order valence-corrected chi connectivity index (χ1v) is 6.31. The SMILES string of the molecule is CC(NC(=O)CCC(C)(C)N)C(=O)NC(C)(C)C. The van der Waals surface area contributed by atoms with E-state index in [0.717, 1.165) is 0 Å². The summed E-state index contributed by atoms with van der Waals surface area (Å²) in [5.41, 5.74) is 5.14. The normalized spacial score (nSPS) is 13.9. The third-order valence-electron chi connectivity index (χ3n) is 2.27. The minimum atomic E-state index is -0.530. The molecular weight excluding hydrogens is 230 g/mol. The Hall–Kier alpha value is -1.10. The molecule has 2 amide bonds. The Bertz CT molecular complexity index is 300. The van der Waals surface area contributed by atoms with E-state index in [-0.39, 0.29) is 22.9 Å². The van der Waals surface area contributed by atoms with Gasteiger partial charge in [-0.2, -0.15) is 0 Å². The van der Waals surface area contributed by atoms with Gasteiger partial charge in [-0.05, 0) is 48.0 Å². The Balaban J connectivity index is 4.12. The fourth-order valence-electron chi connectivity index (χ4n) is 1.29. The number of carbonyl (C=O) groups excluding carboxylic acids is 2. The van der Waals surface area contributed by atoms with Gasteiger partial charge in [-0.3, -0.25) is 9.59 Å². The van der Waals surface area contributed by atoms with E-state index in [0.29, 0.717) is 12.8 Å². The van der Waals surface area contributed by atoms with Crippen molar-refractivity contribution in [2.45, 2.75) is 71.5 Å². The summed E-state index contributed by atoms with van der Waals surface area (Å²) in [6.45, 7) is 11.1. The summed E-state index contributed by atoms with van der Waals surface area (Å²) >= 11 is 0. The van der Waals surface area contributed by atoms with E-state index in [9.17, 15) is 9.59 Å². The topological polar surface area (TPSA) is 84.2 Å². The largest absolute Gasteiger partial charge is 0.350 e. The molecule has 18 heavy (non-hydrogen) atoms. The van der Waals surface area contributed by atoms with Crippen LogP contribution in [-0.2, 0) is 9.59 Å². The maximum Gasteiger partial charge on any atom is 0.242 e. The fraction of sp³-hybridized carbons (Fsp3) is 0.846. The van der Waals surface area contributed by atoms with E-state index in [4.69, 9.17) is 5.73 Å². The Morgan fingerprint density at radius 1 is 1.17 bits per heavy atom. The van der Waals surface area contributed by atoms with Crippen LogP contribution >= 0.6 is 0 Å². The van der Waals surface area contributed by atoms with Gasteiger partial charge in [0.05, 0.1) is 0 Å². The van der Waals surface area contributed by atoms with Crippen LogP contribution in [0.5, 0.6) is 0 Å². The van der Waals surface area contributed by atoms with E-state index in [1.54, 1.807) is 6.92 Å². The minimum Gasteiger partial charge on any atom is -0.350 e. The Morgan fingerprint density at radius 2 is 1.67 bits per heavy atom. The molecule has 106 valence electrons. The maximum atomic E-state index is 11.7. The van der Waals surface area contributed by atoms with Crippen LogP contribution in [0.1, 0.15) is 54.4 Å². The van der Waals surface area contributed by atoms with Crippen molar-refractivity contribution in [1.82, 2.24) is 10.6 Å². The summed E-state index contributed by atoms with van der Waals surface area (Å²) < 4.78 is 0. The highest BCUT2D eigenvalue weighted by atomic mass is 16.2. The summed E-state index contributed by atoms with van der Waals surface area (Å²) in [5.74, 6) is -0.326. The summed E-state index contributed by atoms with van der Waals surface area (Å²) in [6.07, 6.45) is 0.920. The first-order valence-electron chi connectivity index (χ1n) is 6.31. The van der Waals surface area contributed by atoms with Crippen molar-refractivity contribution in [2.75, 3.05) is 0 Å². The molecule has 0 aromatic heterocycles. The van der Waals surface area contributed by atoms with Crippen molar-refractivity contribution >= 4 is 11.8 Å². The third kappa shape index (κ3) is 8.98. The predicted molar refractivity (Wildman–Crippen MR) is 73.0 cm³/mol. The van der Waals surface area contributed by atoms with Crippen LogP contribution in [0, 0.1) is 0 Å². The molecule has 0 aliphatic carbocycles. The van der Waals surface area contributed by atoms with Gasteiger partial charge in [0.2, 0.25) is 11.8 Å². The van der Waals surface area contributed by atoms with Gasteiger partial charge in [0.15, 0.2) is 0 Å². The zero-order chi connectivity index (χ0) is 14.6. The lowest BCUT2D eigenvalue weighted by molar-refractivity contribution is -0.129. The molecule has 0 heterocycles. The second kappa shape index (κ2) is 6.18. The Labute approximate surface area is 110 Å². The molecule has 0 aromatic rings. The number of amides is 2. The molecule has 5 heteroatoms. The highest BCUT2D eigenvalue weighted by molar-refractivity contribution is 5.87. The molecule has 4 N–H and O–H groups in total. The average Bonchev–Trinajstić information content (AvgIpc) is 2.10. The standard InChI is InChI=1S/C13H27N3O2/c1-9(11(18)16-12(2,3)4)15-10(17)7-8-13(5,6)14/h9H,7-8,14H2,1-6H3,(H,15,17)(H,16,18). The van der Waals surface area contributed by atoms with E-state index < -0.39 is 6.04 Å². The smallest absolute Gasteiger partial charge is 0.242 e. The zero-order valence-electron chi connectivity index (χ0n) is 12.4. The van der Waals surface area contributed by atoms with Gasteiger partial charge < -0.3 is 16.4 Å². The molecule has 0 saturated carbocycles. The van der Waals surface area contributed by atoms with Crippen molar-refractivity contribution in [3.63, 3.8) is 0 Å². The van der Waals surface area contributed by atoms with E-state index in [1.165, 1.54) is 0 Å². The number of hydrogen-bond acceptors (Lipinski definition) is 3. The lowest BCUT2D eigenvalue weighted by Crippen LogP contribution is -2.51. The van der Waals surface area contributed by atoms with E-state index >= 15 is 0 Å². The quantitative estimate of drug-likeness (QED) is 0.685. The molecule has 1 unspecified atom stereocenters. The second-order valence-corrected chi connectivity index (χ2v) is 6.52. The molecule has 5 nitrogen and oxygen atoms in total. The third-order valence-corrected chi connectivity index (χ3v) is 2.27. The fourth-order valence-corrected chi connectivity index (χ4v) is 1.29. The van der Waals surface area contributed by atoms with Gasteiger partial charge in [0, 0.05) is 17.5 Å². The monoisotopic (exact) mass is 257 g/mol. The molecule has 0 radical (unpaired) electrons. The molecule has 0 aliphatic heterocycles. The first kappa shape index (κ1) is 16.9. The van der Waals surface area contributed by atoms with Gasteiger partial charge in [-0.25, -0.2) is 0 Å². The van der Waals surface area contributed by atoms with Gasteiger partial charge in [0.1, 0.15) is 6.04 Å². The lowest BCUT2D eigenvalue weighted by atomic mass is 10.00. The van der Waals surface area contributed by atoms with E-state index in [1.807, 2.05) is 34.6 Å². The predicted octanol–water partition coefficient (Wildman–Crippen LogP) is 0.923. The number of carbonyl (C=O) groups is 2. The molecule has 0 spiro atoms. The first-order chi connectivity index (χ1) is 7.91. The highest BCUT2D eigenvalue weighted by Crippen LogP contribution is 2.07. The van der Waals surface area contributed by atoms with Crippen molar-refractivity contribution in [3.8, 4) is 0 Å². The minimum absolute atomic E-state index is 0.148. The van der Waals surface area contributed by atoms with Crippen molar-refractivity contribution in [2.24, 2.45) is 5.73 Å². The van der Waals surface area contributed by atoms with Crippen LogP contribution in [0.15, 0.2) is 0 Å². The van der Waals surface area contributed by atoms with Gasteiger partial charge in [0.25, 0.3) is 0 Å².